The lowest BCUT2D eigenvalue weighted by molar-refractivity contribution is 0.0690. The van der Waals surface area contributed by atoms with Gasteiger partial charge in [-0.3, -0.25) is 4.79 Å². The lowest BCUT2D eigenvalue weighted by atomic mass is 10.1. The largest absolute Gasteiger partial charge is 0.477 e. The Balaban J connectivity index is 3.07. The molecular weight excluding hydrogens is 232 g/mol. The van der Waals surface area contributed by atoms with Crippen molar-refractivity contribution in [2.24, 2.45) is 0 Å². The summed E-state index contributed by atoms with van der Waals surface area (Å²) in [6.45, 7) is 1.24. The van der Waals surface area contributed by atoms with E-state index in [1.807, 2.05) is 0 Å². The fraction of sp³-hybridized carbons (Fsp3) is 0.0909. The van der Waals surface area contributed by atoms with Crippen LogP contribution in [0.5, 0.6) is 0 Å². The van der Waals surface area contributed by atoms with E-state index in [0.717, 1.165) is 12.1 Å². The monoisotopic (exact) mass is 239 g/mol. The SMILES string of the molecule is Cc1c(C(=O)O)[nH]c2c(F)ccc(F)c2c1=O. The maximum atomic E-state index is 13.4. The van der Waals surface area contributed by atoms with Crippen molar-refractivity contribution in [2.45, 2.75) is 6.92 Å². The summed E-state index contributed by atoms with van der Waals surface area (Å²) in [7, 11) is 0. The Morgan fingerprint density at radius 3 is 2.47 bits per heavy atom. The van der Waals surface area contributed by atoms with E-state index >= 15 is 0 Å². The highest BCUT2D eigenvalue weighted by atomic mass is 19.1. The van der Waals surface area contributed by atoms with Gasteiger partial charge in [0.05, 0.1) is 10.9 Å². The van der Waals surface area contributed by atoms with E-state index in [4.69, 9.17) is 5.11 Å². The summed E-state index contributed by atoms with van der Waals surface area (Å²) < 4.78 is 26.8. The molecule has 2 N–H and O–H groups in total. The highest BCUT2D eigenvalue weighted by molar-refractivity contribution is 5.91. The highest BCUT2D eigenvalue weighted by Gasteiger charge is 2.18. The number of H-pyrrole nitrogens is 1. The van der Waals surface area contributed by atoms with Crippen LogP contribution in [0, 0.1) is 18.6 Å². The van der Waals surface area contributed by atoms with Crippen molar-refractivity contribution in [3.05, 3.63) is 45.2 Å². The van der Waals surface area contributed by atoms with Gasteiger partial charge >= 0.3 is 5.97 Å². The fourth-order valence-corrected chi connectivity index (χ4v) is 1.63. The van der Waals surface area contributed by atoms with Gasteiger partial charge in [-0.15, -0.1) is 0 Å². The summed E-state index contributed by atoms with van der Waals surface area (Å²) in [5.74, 6) is -3.16. The number of carboxylic acid groups (broad SMARTS) is 1. The first-order valence-electron chi connectivity index (χ1n) is 4.67. The van der Waals surface area contributed by atoms with Crippen molar-refractivity contribution in [3.63, 3.8) is 0 Å². The van der Waals surface area contributed by atoms with Gasteiger partial charge in [-0.1, -0.05) is 0 Å². The molecule has 6 heteroatoms. The maximum Gasteiger partial charge on any atom is 0.352 e. The number of pyridine rings is 1. The van der Waals surface area contributed by atoms with Gasteiger partial charge in [-0.2, -0.15) is 0 Å². The molecule has 1 aromatic heterocycles. The number of carbonyl (C=O) groups is 1. The molecule has 88 valence electrons. The van der Waals surface area contributed by atoms with E-state index in [2.05, 4.69) is 4.98 Å². The molecular formula is C11H7F2NO3. The van der Waals surface area contributed by atoms with Crippen molar-refractivity contribution >= 4 is 16.9 Å². The van der Waals surface area contributed by atoms with E-state index in [9.17, 15) is 18.4 Å². The van der Waals surface area contributed by atoms with Crippen molar-refractivity contribution < 1.29 is 18.7 Å². The quantitative estimate of drug-likeness (QED) is 0.797. The van der Waals surface area contributed by atoms with Gasteiger partial charge in [-0.05, 0) is 19.1 Å². The van der Waals surface area contributed by atoms with Gasteiger partial charge in [0.25, 0.3) is 0 Å². The second-order valence-corrected chi connectivity index (χ2v) is 3.54. The predicted octanol–water partition coefficient (Wildman–Crippen LogP) is 1.81. The van der Waals surface area contributed by atoms with Crippen molar-refractivity contribution in [1.82, 2.24) is 4.98 Å². The van der Waals surface area contributed by atoms with Crippen LogP contribution in [0.4, 0.5) is 8.78 Å². The summed E-state index contributed by atoms with van der Waals surface area (Å²) in [6.07, 6.45) is 0. The Hall–Kier alpha value is -2.24. The minimum atomic E-state index is -1.40. The second kappa shape index (κ2) is 3.65. The topological polar surface area (TPSA) is 70.2 Å². The standard InChI is InChI=1S/C11H7F2NO3/c1-4-8(11(16)17)14-9-6(13)3-2-5(12)7(9)10(4)15/h2-3H,1H3,(H,14,15)(H,16,17). The Morgan fingerprint density at radius 2 is 1.88 bits per heavy atom. The van der Waals surface area contributed by atoms with E-state index in [0.29, 0.717) is 0 Å². The molecule has 0 spiro atoms. The van der Waals surface area contributed by atoms with Gasteiger partial charge in [-0.25, -0.2) is 13.6 Å². The summed E-state index contributed by atoms with van der Waals surface area (Å²) in [5, 5.41) is 8.36. The molecule has 17 heavy (non-hydrogen) atoms. The molecule has 0 radical (unpaired) electrons. The number of halogens is 2. The van der Waals surface area contributed by atoms with Crippen molar-refractivity contribution in [3.8, 4) is 0 Å². The van der Waals surface area contributed by atoms with Gasteiger partial charge < -0.3 is 10.1 Å². The Bertz CT molecular complexity index is 691. The number of hydrogen-bond acceptors (Lipinski definition) is 2. The van der Waals surface area contributed by atoms with E-state index in [-0.39, 0.29) is 5.56 Å². The zero-order valence-electron chi connectivity index (χ0n) is 8.67. The second-order valence-electron chi connectivity index (χ2n) is 3.54. The number of fused-ring (bicyclic) bond motifs is 1. The smallest absolute Gasteiger partial charge is 0.352 e. The average Bonchev–Trinajstić information content (AvgIpc) is 2.27. The lowest BCUT2D eigenvalue weighted by Crippen LogP contribution is -2.17. The summed E-state index contributed by atoms with van der Waals surface area (Å²) in [4.78, 5) is 24.8. The predicted molar refractivity (Wildman–Crippen MR) is 56.2 cm³/mol. The maximum absolute atomic E-state index is 13.4. The van der Waals surface area contributed by atoms with Crippen LogP contribution < -0.4 is 5.43 Å². The minimum Gasteiger partial charge on any atom is -0.477 e. The van der Waals surface area contributed by atoms with E-state index in [1.165, 1.54) is 6.92 Å². The van der Waals surface area contributed by atoms with Crippen molar-refractivity contribution in [1.29, 1.82) is 0 Å². The lowest BCUT2D eigenvalue weighted by Gasteiger charge is -2.05. The number of nitrogens with one attached hydrogen (secondary N) is 1. The number of rotatable bonds is 1. The van der Waals surface area contributed by atoms with Gasteiger partial charge in [0, 0.05) is 5.56 Å². The number of aromatic carboxylic acids is 1. The molecule has 1 aromatic carbocycles. The molecule has 0 amide bonds. The number of aromatic amines is 1. The molecule has 2 aromatic rings. The molecule has 2 rings (SSSR count). The van der Waals surface area contributed by atoms with Crippen LogP contribution in [0.2, 0.25) is 0 Å². The van der Waals surface area contributed by atoms with Crippen molar-refractivity contribution in [2.75, 3.05) is 0 Å². The molecule has 0 aliphatic heterocycles. The molecule has 4 nitrogen and oxygen atoms in total. The minimum absolute atomic E-state index is 0.158. The molecule has 0 aliphatic rings. The van der Waals surface area contributed by atoms with Gasteiger partial charge in [0.2, 0.25) is 0 Å². The van der Waals surface area contributed by atoms with Crippen LogP contribution in [-0.4, -0.2) is 16.1 Å². The summed E-state index contributed by atoms with van der Waals surface area (Å²) in [6, 6.07) is 1.65. The normalized spacial score (nSPS) is 10.8. The third-order valence-corrected chi connectivity index (χ3v) is 2.51. The molecule has 0 aliphatic carbocycles. The first-order chi connectivity index (χ1) is 7.93. The molecule has 0 unspecified atom stereocenters. The Kier molecular flexibility index (Phi) is 2.42. The van der Waals surface area contributed by atoms with Gasteiger partial charge in [0.1, 0.15) is 17.3 Å². The van der Waals surface area contributed by atoms with Crippen LogP contribution in [0.3, 0.4) is 0 Å². The molecule has 0 atom stereocenters. The fourth-order valence-electron chi connectivity index (χ4n) is 1.63. The van der Waals surface area contributed by atoms with E-state index < -0.39 is 39.6 Å². The zero-order valence-corrected chi connectivity index (χ0v) is 8.67. The van der Waals surface area contributed by atoms with Crippen LogP contribution in [0.25, 0.3) is 10.9 Å². The average molecular weight is 239 g/mol. The highest BCUT2D eigenvalue weighted by Crippen LogP contribution is 2.18. The number of aromatic nitrogens is 1. The molecule has 0 saturated carbocycles. The van der Waals surface area contributed by atoms with Crippen LogP contribution in [0.15, 0.2) is 16.9 Å². The third-order valence-electron chi connectivity index (χ3n) is 2.51. The van der Waals surface area contributed by atoms with Crippen LogP contribution in [-0.2, 0) is 0 Å². The number of hydrogen-bond donors (Lipinski definition) is 2. The zero-order chi connectivity index (χ0) is 12.7. The van der Waals surface area contributed by atoms with Gasteiger partial charge in [0.15, 0.2) is 5.43 Å². The number of carboxylic acids is 1. The Morgan fingerprint density at radius 1 is 1.29 bits per heavy atom. The third kappa shape index (κ3) is 1.57. The molecule has 0 bridgehead atoms. The first kappa shape index (κ1) is 11.3. The molecule has 0 saturated heterocycles. The van der Waals surface area contributed by atoms with Crippen LogP contribution in [0.1, 0.15) is 16.1 Å². The first-order valence-corrected chi connectivity index (χ1v) is 4.67. The van der Waals surface area contributed by atoms with E-state index in [1.54, 1.807) is 0 Å². The van der Waals surface area contributed by atoms with Crippen LogP contribution >= 0.6 is 0 Å². The molecule has 1 heterocycles. The summed E-state index contributed by atoms with van der Waals surface area (Å²) in [5.41, 5.74) is -1.85. The molecule has 0 fully saturated rings. The Labute approximate surface area is 93.5 Å². The summed E-state index contributed by atoms with van der Waals surface area (Å²) >= 11 is 0. The number of benzene rings is 1.